The molecule has 0 aliphatic carbocycles. The molecule has 4 rings (SSSR count). The van der Waals surface area contributed by atoms with Gasteiger partial charge in [-0.25, -0.2) is 4.98 Å². The molecule has 0 bridgehead atoms. The molecule has 4 nitrogen and oxygen atoms in total. The molecule has 0 spiro atoms. The maximum Gasteiger partial charge on any atom is 0.0994 e. The molecule has 1 unspecified atom stereocenters. The summed E-state index contributed by atoms with van der Waals surface area (Å²) in [6.07, 6.45) is 3.96. The first-order valence-electron chi connectivity index (χ1n) is 6.98. The third-order valence-electron chi connectivity index (χ3n) is 4.25. The highest BCUT2D eigenvalue weighted by molar-refractivity contribution is 5.53. The molecule has 3 heterocycles. The number of aromatic nitrogens is 2. The predicted molar refractivity (Wildman–Crippen MR) is 74.7 cm³/mol. The summed E-state index contributed by atoms with van der Waals surface area (Å²) < 4.78 is 2.24. The van der Waals surface area contributed by atoms with Crippen molar-refractivity contribution in [2.24, 2.45) is 0 Å². The second kappa shape index (κ2) is 4.47. The molecule has 19 heavy (non-hydrogen) atoms. The number of hydrogen-bond acceptors (Lipinski definition) is 3. The van der Waals surface area contributed by atoms with Gasteiger partial charge in [-0.05, 0) is 11.6 Å². The van der Waals surface area contributed by atoms with Gasteiger partial charge in [-0.2, -0.15) is 0 Å². The summed E-state index contributed by atoms with van der Waals surface area (Å²) in [6.45, 7) is 5.60. The van der Waals surface area contributed by atoms with E-state index in [-0.39, 0.29) is 0 Å². The van der Waals surface area contributed by atoms with Crippen LogP contribution < -0.4 is 5.32 Å². The van der Waals surface area contributed by atoms with E-state index in [0.717, 1.165) is 32.7 Å². The first kappa shape index (κ1) is 11.2. The van der Waals surface area contributed by atoms with Crippen LogP contribution in [0.5, 0.6) is 0 Å². The number of fused-ring (bicyclic) bond motifs is 3. The van der Waals surface area contributed by atoms with E-state index in [1.54, 1.807) is 0 Å². The van der Waals surface area contributed by atoms with Crippen LogP contribution in [-0.2, 0) is 0 Å². The van der Waals surface area contributed by atoms with Crippen LogP contribution in [0.2, 0.25) is 0 Å². The quantitative estimate of drug-likeness (QED) is 0.875. The molecule has 4 heteroatoms. The fraction of sp³-hybridized carbons (Fsp3) is 0.400. The average Bonchev–Trinajstić information content (AvgIpc) is 3.04. The molecule has 2 aromatic rings. The van der Waals surface area contributed by atoms with Crippen molar-refractivity contribution >= 4 is 0 Å². The van der Waals surface area contributed by atoms with E-state index in [9.17, 15) is 0 Å². The first-order valence-corrected chi connectivity index (χ1v) is 6.98. The smallest absolute Gasteiger partial charge is 0.0994 e. The number of rotatable bonds is 2. The molecule has 0 radical (unpaired) electrons. The van der Waals surface area contributed by atoms with E-state index in [1.165, 1.54) is 16.9 Å². The SMILES string of the molecule is c1ccc2c(c1)C(CN1CCNCC1)c1cncn1-2. The minimum Gasteiger partial charge on any atom is -0.314 e. The van der Waals surface area contributed by atoms with Crippen molar-refractivity contribution in [2.45, 2.75) is 5.92 Å². The lowest BCUT2D eigenvalue weighted by molar-refractivity contribution is 0.234. The first-order chi connectivity index (χ1) is 9.43. The van der Waals surface area contributed by atoms with Gasteiger partial charge in [-0.15, -0.1) is 0 Å². The Kier molecular flexibility index (Phi) is 2.64. The molecular formula is C15H18N4. The molecule has 1 aromatic carbocycles. The normalized spacial score (nSPS) is 22.2. The van der Waals surface area contributed by atoms with Crippen molar-refractivity contribution in [3.8, 4) is 5.69 Å². The summed E-state index contributed by atoms with van der Waals surface area (Å²) in [5.74, 6) is 0.469. The van der Waals surface area contributed by atoms with Crippen LogP contribution in [0.3, 0.4) is 0 Å². The van der Waals surface area contributed by atoms with Crippen LogP contribution in [-0.4, -0.2) is 47.2 Å². The van der Waals surface area contributed by atoms with E-state index in [0.29, 0.717) is 5.92 Å². The maximum absolute atomic E-state index is 4.32. The molecular weight excluding hydrogens is 236 g/mol. The Morgan fingerprint density at radius 3 is 2.95 bits per heavy atom. The van der Waals surface area contributed by atoms with Crippen LogP contribution in [0.4, 0.5) is 0 Å². The van der Waals surface area contributed by atoms with Crippen molar-refractivity contribution in [3.63, 3.8) is 0 Å². The summed E-state index contributed by atoms with van der Waals surface area (Å²) in [5, 5.41) is 3.41. The Bertz CT molecular complexity index is 583. The number of imidazole rings is 1. The molecule has 1 fully saturated rings. The maximum atomic E-state index is 4.32. The molecule has 1 saturated heterocycles. The zero-order valence-corrected chi connectivity index (χ0v) is 10.9. The highest BCUT2D eigenvalue weighted by Gasteiger charge is 2.30. The van der Waals surface area contributed by atoms with Gasteiger partial charge in [-0.3, -0.25) is 4.90 Å². The third-order valence-corrected chi connectivity index (χ3v) is 4.25. The van der Waals surface area contributed by atoms with Gasteiger partial charge in [0.25, 0.3) is 0 Å². The van der Waals surface area contributed by atoms with Gasteiger partial charge in [0.1, 0.15) is 0 Å². The average molecular weight is 254 g/mol. The predicted octanol–water partition coefficient (Wildman–Crippen LogP) is 1.22. The summed E-state index contributed by atoms with van der Waals surface area (Å²) in [4.78, 5) is 6.87. The Hall–Kier alpha value is -1.65. The highest BCUT2D eigenvalue weighted by Crippen LogP contribution is 2.37. The van der Waals surface area contributed by atoms with Gasteiger partial charge in [0, 0.05) is 44.8 Å². The number of nitrogens with one attached hydrogen (secondary N) is 1. The lowest BCUT2D eigenvalue weighted by Crippen LogP contribution is -2.44. The molecule has 98 valence electrons. The topological polar surface area (TPSA) is 33.1 Å². The standard InChI is InChI=1S/C15H18N4/c1-2-4-14-12(3-1)13(15-9-17-11-19(14)15)10-18-7-5-16-6-8-18/h1-4,9,11,13,16H,5-8,10H2. The van der Waals surface area contributed by atoms with Crippen LogP contribution in [0, 0.1) is 0 Å². The number of nitrogens with zero attached hydrogens (tertiary/aromatic N) is 3. The molecule has 2 aliphatic heterocycles. The fourth-order valence-electron chi connectivity index (χ4n) is 3.27. The molecule has 1 N–H and O–H groups in total. The van der Waals surface area contributed by atoms with Gasteiger partial charge < -0.3 is 9.88 Å². The highest BCUT2D eigenvalue weighted by atomic mass is 15.2. The van der Waals surface area contributed by atoms with Crippen molar-refractivity contribution in [2.75, 3.05) is 32.7 Å². The number of para-hydroxylation sites is 1. The van der Waals surface area contributed by atoms with E-state index in [2.05, 4.69) is 44.0 Å². The zero-order valence-electron chi connectivity index (χ0n) is 10.9. The fourth-order valence-corrected chi connectivity index (χ4v) is 3.27. The Labute approximate surface area is 113 Å². The minimum absolute atomic E-state index is 0.469. The largest absolute Gasteiger partial charge is 0.314 e. The minimum atomic E-state index is 0.469. The summed E-state index contributed by atoms with van der Waals surface area (Å²) in [6, 6.07) is 8.70. The zero-order chi connectivity index (χ0) is 12.7. The van der Waals surface area contributed by atoms with Crippen LogP contribution in [0.1, 0.15) is 17.2 Å². The van der Waals surface area contributed by atoms with E-state index < -0.39 is 0 Å². The molecule has 1 aromatic heterocycles. The Balaban J connectivity index is 1.68. The Morgan fingerprint density at radius 2 is 2.05 bits per heavy atom. The van der Waals surface area contributed by atoms with E-state index in [1.807, 2.05) is 12.5 Å². The van der Waals surface area contributed by atoms with E-state index >= 15 is 0 Å². The van der Waals surface area contributed by atoms with Crippen molar-refractivity contribution < 1.29 is 0 Å². The summed E-state index contributed by atoms with van der Waals surface area (Å²) in [5.41, 5.74) is 4.08. The van der Waals surface area contributed by atoms with Crippen LogP contribution in [0.15, 0.2) is 36.8 Å². The van der Waals surface area contributed by atoms with Crippen molar-refractivity contribution in [3.05, 3.63) is 48.0 Å². The van der Waals surface area contributed by atoms with Gasteiger partial charge in [-0.1, -0.05) is 18.2 Å². The van der Waals surface area contributed by atoms with Gasteiger partial charge >= 0.3 is 0 Å². The van der Waals surface area contributed by atoms with E-state index in [4.69, 9.17) is 0 Å². The second-order valence-corrected chi connectivity index (χ2v) is 5.35. The number of hydrogen-bond donors (Lipinski definition) is 1. The monoisotopic (exact) mass is 254 g/mol. The lowest BCUT2D eigenvalue weighted by Gasteiger charge is -2.29. The van der Waals surface area contributed by atoms with Gasteiger partial charge in [0.05, 0.1) is 17.7 Å². The lowest BCUT2D eigenvalue weighted by atomic mass is 9.97. The molecule has 0 saturated carbocycles. The summed E-state index contributed by atoms with van der Waals surface area (Å²) >= 11 is 0. The Morgan fingerprint density at radius 1 is 1.21 bits per heavy atom. The second-order valence-electron chi connectivity index (χ2n) is 5.35. The molecule has 2 aliphatic rings. The van der Waals surface area contributed by atoms with Crippen LogP contribution in [0.25, 0.3) is 5.69 Å². The number of benzene rings is 1. The third kappa shape index (κ3) is 1.79. The van der Waals surface area contributed by atoms with Crippen LogP contribution >= 0.6 is 0 Å². The molecule has 0 amide bonds. The number of piperazine rings is 1. The van der Waals surface area contributed by atoms with Gasteiger partial charge in [0.2, 0.25) is 0 Å². The van der Waals surface area contributed by atoms with Crippen molar-refractivity contribution in [1.29, 1.82) is 0 Å². The summed E-state index contributed by atoms with van der Waals surface area (Å²) in [7, 11) is 0. The van der Waals surface area contributed by atoms with Gasteiger partial charge in [0.15, 0.2) is 0 Å². The molecule has 1 atom stereocenters. The van der Waals surface area contributed by atoms with Crippen molar-refractivity contribution in [1.82, 2.24) is 19.8 Å².